The Labute approximate surface area is 106 Å². The number of carbonyl (C=O) groups is 2. The molecule has 1 rings (SSSR count). The van der Waals surface area contributed by atoms with Crippen LogP contribution in [0.4, 0.5) is 4.79 Å². The number of aliphatic hydroxyl groups excluding tert-OH is 1. The van der Waals surface area contributed by atoms with Gasteiger partial charge in [-0.05, 0) is 26.3 Å². The Morgan fingerprint density at radius 1 is 1.50 bits per heavy atom. The van der Waals surface area contributed by atoms with Gasteiger partial charge < -0.3 is 14.6 Å². The zero-order valence-electron chi connectivity index (χ0n) is 11.1. The van der Waals surface area contributed by atoms with Gasteiger partial charge in [0.05, 0.1) is 13.7 Å². The second kappa shape index (κ2) is 5.39. The molecule has 0 aromatic carbocycles. The summed E-state index contributed by atoms with van der Waals surface area (Å²) in [6, 6.07) is -0.757. The molecule has 6 heteroatoms. The number of nitrogens with zero attached hydrogens (tertiary/aromatic N) is 1. The number of carbonyl (C=O) groups excluding carboxylic acids is 2. The maximum atomic E-state index is 11.9. The molecular weight excluding hydrogens is 238 g/mol. The van der Waals surface area contributed by atoms with Crippen molar-refractivity contribution >= 4 is 12.1 Å². The standard InChI is InChI=1S/C12H19NO5/c1-12(2,3)18-11(16)13-6-8(7-14)5-9(13)10(15)17-4/h6,9,14H,5,7H2,1-4H3. The van der Waals surface area contributed by atoms with Crippen LogP contribution < -0.4 is 0 Å². The molecule has 0 spiro atoms. The molecule has 1 N–H and O–H groups in total. The van der Waals surface area contributed by atoms with E-state index in [1.165, 1.54) is 18.2 Å². The number of esters is 1. The molecule has 1 atom stereocenters. The van der Waals surface area contributed by atoms with E-state index >= 15 is 0 Å². The molecule has 0 saturated carbocycles. The van der Waals surface area contributed by atoms with E-state index in [4.69, 9.17) is 9.84 Å². The third-order valence-electron chi connectivity index (χ3n) is 2.39. The lowest BCUT2D eigenvalue weighted by molar-refractivity contribution is -0.145. The van der Waals surface area contributed by atoms with Gasteiger partial charge in [-0.15, -0.1) is 0 Å². The first-order valence-electron chi connectivity index (χ1n) is 5.68. The molecule has 6 nitrogen and oxygen atoms in total. The summed E-state index contributed by atoms with van der Waals surface area (Å²) in [5.74, 6) is -0.527. The van der Waals surface area contributed by atoms with Crippen LogP contribution in [0.1, 0.15) is 27.2 Å². The fourth-order valence-corrected chi connectivity index (χ4v) is 1.62. The lowest BCUT2D eigenvalue weighted by Gasteiger charge is -2.26. The van der Waals surface area contributed by atoms with Crippen LogP contribution in [0.25, 0.3) is 0 Å². The van der Waals surface area contributed by atoms with Crippen LogP contribution >= 0.6 is 0 Å². The average molecular weight is 257 g/mol. The topological polar surface area (TPSA) is 76.1 Å². The molecule has 0 aromatic heterocycles. The lowest BCUT2D eigenvalue weighted by atomic mass is 10.1. The van der Waals surface area contributed by atoms with Crippen molar-refractivity contribution in [1.29, 1.82) is 0 Å². The fourth-order valence-electron chi connectivity index (χ4n) is 1.62. The monoisotopic (exact) mass is 257 g/mol. The summed E-state index contributed by atoms with van der Waals surface area (Å²) in [5.41, 5.74) is -0.0515. The van der Waals surface area contributed by atoms with E-state index < -0.39 is 23.7 Å². The molecule has 1 aliphatic rings. The summed E-state index contributed by atoms with van der Waals surface area (Å²) in [6.07, 6.45) is 1.08. The van der Waals surface area contributed by atoms with Crippen LogP contribution in [0.15, 0.2) is 11.8 Å². The molecule has 0 bridgehead atoms. The fraction of sp³-hybridized carbons (Fsp3) is 0.667. The Hall–Kier alpha value is -1.56. The van der Waals surface area contributed by atoms with Gasteiger partial charge in [0, 0.05) is 12.6 Å². The smallest absolute Gasteiger partial charge is 0.415 e. The first-order chi connectivity index (χ1) is 8.28. The van der Waals surface area contributed by atoms with Crippen molar-refractivity contribution in [2.45, 2.75) is 38.8 Å². The molecule has 0 radical (unpaired) electrons. The van der Waals surface area contributed by atoms with E-state index in [0.717, 1.165) is 0 Å². The maximum absolute atomic E-state index is 11.9. The van der Waals surface area contributed by atoms with Crippen molar-refractivity contribution in [3.05, 3.63) is 11.8 Å². The number of aliphatic hydroxyl groups is 1. The molecule has 1 amide bonds. The molecule has 0 aliphatic carbocycles. The van der Waals surface area contributed by atoms with Crippen LogP contribution in [-0.4, -0.2) is 47.4 Å². The Morgan fingerprint density at radius 3 is 2.56 bits per heavy atom. The zero-order valence-corrected chi connectivity index (χ0v) is 11.1. The second-order valence-electron chi connectivity index (χ2n) is 5.08. The van der Waals surface area contributed by atoms with Crippen LogP contribution in [0.3, 0.4) is 0 Å². The van der Waals surface area contributed by atoms with E-state index in [9.17, 15) is 9.59 Å². The van der Waals surface area contributed by atoms with E-state index in [0.29, 0.717) is 5.57 Å². The molecule has 1 unspecified atom stereocenters. The van der Waals surface area contributed by atoms with Gasteiger partial charge in [0.15, 0.2) is 0 Å². The molecule has 0 fully saturated rings. The van der Waals surface area contributed by atoms with E-state index in [1.807, 2.05) is 0 Å². The number of rotatable bonds is 2. The highest BCUT2D eigenvalue weighted by atomic mass is 16.6. The van der Waals surface area contributed by atoms with Gasteiger partial charge in [-0.1, -0.05) is 0 Å². The van der Waals surface area contributed by atoms with Crippen LogP contribution in [0.2, 0.25) is 0 Å². The van der Waals surface area contributed by atoms with Crippen LogP contribution in [0.5, 0.6) is 0 Å². The third-order valence-corrected chi connectivity index (χ3v) is 2.39. The average Bonchev–Trinajstić information content (AvgIpc) is 2.69. The first kappa shape index (κ1) is 14.5. The van der Waals surface area contributed by atoms with Crippen molar-refractivity contribution in [3.63, 3.8) is 0 Å². The van der Waals surface area contributed by atoms with Gasteiger partial charge in [-0.25, -0.2) is 9.59 Å². The molecule has 1 aliphatic heterocycles. The van der Waals surface area contributed by atoms with Crippen molar-refractivity contribution in [3.8, 4) is 0 Å². The number of amides is 1. The van der Waals surface area contributed by atoms with E-state index in [-0.39, 0.29) is 13.0 Å². The van der Waals surface area contributed by atoms with Crippen LogP contribution in [0, 0.1) is 0 Å². The number of hydrogen-bond donors (Lipinski definition) is 1. The minimum Gasteiger partial charge on any atom is -0.467 e. The van der Waals surface area contributed by atoms with Gasteiger partial charge in [-0.2, -0.15) is 0 Å². The minimum atomic E-state index is -0.757. The first-order valence-corrected chi connectivity index (χ1v) is 5.68. The summed E-state index contributed by atoms with van der Waals surface area (Å²) < 4.78 is 9.83. The number of methoxy groups -OCH3 is 1. The summed E-state index contributed by atoms with van der Waals surface area (Å²) in [7, 11) is 1.26. The third kappa shape index (κ3) is 3.46. The maximum Gasteiger partial charge on any atom is 0.415 e. The Bertz CT molecular complexity index is 369. The quantitative estimate of drug-likeness (QED) is 0.748. The molecule has 0 saturated heterocycles. The lowest BCUT2D eigenvalue weighted by Crippen LogP contribution is -2.42. The van der Waals surface area contributed by atoms with Crippen molar-refractivity contribution < 1.29 is 24.2 Å². The SMILES string of the molecule is COC(=O)C1CC(CO)=CN1C(=O)OC(C)(C)C. The largest absolute Gasteiger partial charge is 0.467 e. The summed E-state index contributed by atoms with van der Waals surface area (Å²) in [6.45, 7) is 5.02. The van der Waals surface area contributed by atoms with Gasteiger partial charge in [0.1, 0.15) is 11.6 Å². The van der Waals surface area contributed by atoms with Gasteiger partial charge >= 0.3 is 12.1 Å². The molecule has 1 heterocycles. The Kier molecular flexibility index (Phi) is 4.34. The predicted molar refractivity (Wildman–Crippen MR) is 63.7 cm³/mol. The Morgan fingerprint density at radius 2 is 2.11 bits per heavy atom. The second-order valence-corrected chi connectivity index (χ2v) is 5.08. The normalized spacial score (nSPS) is 19.5. The molecule has 102 valence electrons. The molecule has 0 aromatic rings. The summed E-state index contributed by atoms with van der Waals surface area (Å²) in [4.78, 5) is 24.7. The number of hydrogen-bond acceptors (Lipinski definition) is 5. The Balaban J connectivity index is 2.84. The van der Waals surface area contributed by atoms with Gasteiger partial charge in [-0.3, -0.25) is 4.90 Å². The number of ether oxygens (including phenoxy) is 2. The van der Waals surface area contributed by atoms with Gasteiger partial charge in [0.25, 0.3) is 0 Å². The van der Waals surface area contributed by atoms with E-state index in [2.05, 4.69) is 4.74 Å². The van der Waals surface area contributed by atoms with Crippen molar-refractivity contribution in [1.82, 2.24) is 4.90 Å². The van der Waals surface area contributed by atoms with Crippen molar-refractivity contribution in [2.75, 3.05) is 13.7 Å². The zero-order chi connectivity index (χ0) is 13.9. The highest BCUT2D eigenvalue weighted by Gasteiger charge is 2.37. The predicted octanol–water partition coefficient (Wildman–Crippen LogP) is 1.04. The minimum absolute atomic E-state index is 0.202. The summed E-state index contributed by atoms with van der Waals surface area (Å²) >= 11 is 0. The highest BCUT2D eigenvalue weighted by Crippen LogP contribution is 2.24. The highest BCUT2D eigenvalue weighted by molar-refractivity contribution is 5.83. The van der Waals surface area contributed by atoms with Crippen LogP contribution in [-0.2, 0) is 14.3 Å². The van der Waals surface area contributed by atoms with Gasteiger partial charge in [0.2, 0.25) is 0 Å². The molecular formula is C12H19NO5. The summed E-state index contributed by atoms with van der Waals surface area (Å²) in [5, 5.41) is 9.07. The molecule has 18 heavy (non-hydrogen) atoms. The van der Waals surface area contributed by atoms with Crippen molar-refractivity contribution in [2.24, 2.45) is 0 Å². The van der Waals surface area contributed by atoms with E-state index in [1.54, 1.807) is 20.8 Å².